The van der Waals surface area contributed by atoms with E-state index in [1.165, 1.54) is 6.08 Å². The van der Waals surface area contributed by atoms with Gasteiger partial charge in [0.1, 0.15) is 0 Å². The largest absolute Gasteiger partial charge is 0.361 e. The van der Waals surface area contributed by atoms with Gasteiger partial charge in [-0.25, -0.2) is 0 Å². The number of nitrogens with one attached hydrogen (secondary N) is 2. The summed E-state index contributed by atoms with van der Waals surface area (Å²) in [6, 6.07) is 19.0. The minimum Gasteiger partial charge on any atom is -0.361 e. The highest BCUT2D eigenvalue weighted by atomic mass is 16.1. The van der Waals surface area contributed by atoms with E-state index in [0.717, 1.165) is 11.4 Å². The van der Waals surface area contributed by atoms with Crippen LogP contribution in [0.5, 0.6) is 0 Å². The lowest BCUT2D eigenvalue weighted by atomic mass is 10.3. The third kappa shape index (κ3) is 3.79. The highest BCUT2D eigenvalue weighted by Gasteiger charge is 1.95. The van der Waals surface area contributed by atoms with Crippen molar-refractivity contribution in [2.45, 2.75) is 0 Å². The number of carbonyl (C=O) groups is 1. The maximum atomic E-state index is 11.6. The number of carbonyl (C=O) groups excluding carboxylic acids is 1. The second-order valence-electron chi connectivity index (χ2n) is 3.70. The molecule has 2 aromatic carbocycles. The molecule has 2 aromatic rings. The highest BCUT2D eigenvalue weighted by Crippen LogP contribution is 2.06. The summed E-state index contributed by atoms with van der Waals surface area (Å²) >= 11 is 0. The number of rotatable bonds is 4. The van der Waals surface area contributed by atoms with Crippen molar-refractivity contribution in [2.24, 2.45) is 0 Å². The first-order valence-corrected chi connectivity index (χ1v) is 5.69. The lowest BCUT2D eigenvalue weighted by Crippen LogP contribution is -2.08. The Morgan fingerprint density at radius 1 is 0.833 bits per heavy atom. The molecule has 0 saturated heterocycles. The van der Waals surface area contributed by atoms with Gasteiger partial charge in [0.05, 0.1) is 0 Å². The monoisotopic (exact) mass is 238 g/mol. The summed E-state index contributed by atoms with van der Waals surface area (Å²) < 4.78 is 0. The average molecular weight is 238 g/mol. The molecule has 3 nitrogen and oxygen atoms in total. The average Bonchev–Trinajstić information content (AvgIpc) is 2.41. The third-order valence-electron chi connectivity index (χ3n) is 2.30. The molecule has 2 rings (SSSR count). The van der Waals surface area contributed by atoms with E-state index in [1.54, 1.807) is 6.20 Å². The van der Waals surface area contributed by atoms with Crippen molar-refractivity contribution in [1.82, 2.24) is 0 Å². The number of para-hydroxylation sites is 2. The molecule has 0 aliphatic carbocycles. The molecule has 0 spiro atoms. The number of amides is 1. The first-order chi connectivity index (χ1) is 8.84. The molecule has 1 amide bonds. The number of benzene rings is 2. The van der Waals surface area contributed by atoms with E-state index in [4.69, 9.17) is 0 Å². The molecule has 0 atom stereocenters. The number of hydrogen-bond donors (Lipinski definition) is 2. The summed E-state index contributed by atoms with van der Waals surface area (Å²) in [5.41, 5.74) is 1.73. The van der Waals surface area contributed by atoms with E-state index in [9.17, 15) is 4.79 Å². The topological polar surface area (TPSA) is 41.1 Å². The van der Waals surface area contributed by atoms with Crippen molar-refractivity contribution >= 4 is 17.3 Å². The van der Waals surface area contributed by atoms with Gasteiger partial charge < -0.3 is 10.6 Å². The zero-order valence-corrected chi connectivity index (χ0v) is 9.84. The predicted octanol–water partition coefficient (Wildman–Crippen LogP) is 3.25. The molecule has 0 fully saturated rings. The second kappa shape index (κ2) is 6.25. The minimum absolute atomic E-state index is 0.162. The molecule has 0 unspecified atom stereocenters. The van der Waals surface area contributed by atoms with Gasteiger partial charge in [-0.1, -0.05) is 36.4 Å². The maximum Gasteiger partial charge on any atom is 0.249 e. The summed E-state index contributed by atoms with van der Waals surface area (Å²) in [5.74, 6) is -0.162. The van der Waals surface area contributed by atoms with Gasteiger partial charge in [-0.2, -0.15) is 0 Å². The summed E-state index contributed by atoms with van der Waals surface area (Å²) in [5, 5.41) is 5.78. The number of hydrogen-bond acceptors (Lipinski definition) is 2. The third-order valence-corrected chi connectivity index (χ3v) is 2.30. The molecule has 0 aromatic heterocycles. The van der Waals surface area contributed by atoms with E-state index in [-0.39, 0.29) is 5.91 Å². The van der Waals surface area contributed by atoms with Crippen molar-refractivity contribution in [1.29, 1.82) is 0 Å². The van der Waals surface area contributed by atoms with Gasteiger partial charge in [0, 0.05) is 23.7 Å². The van der Waals surface area contributed by atoms with Crippen molar-refractivity contribution < 1.29 is 4.79 Å². The molecule has 3 heteroatoms. The second-order valence-corrected chi connectivity index (χ2v) is 3.70. The van der Waals surface area contributed by atoms with Gasteiger partial charge in [-0.3, -0.25) is 4.79 Å². The van der Waals surface area contributed by atoms with Crippen LogP contribution in [0, 0.1) is 0 Å². The lowest BCUT2D eigenvalue weighted by molar-refractivity contribution is -0.111. The molecule has 18 heavy (non-hydrogen) atoms. The van der Waals surface area contributed by atoms with E-state index >= 15 is 0 Å². The van der Waals surface area contributed by atoms with Gasteiger partial charge >= 0.3 is 0 Å². The molecule has 0 radical (unpaired) electrons. The molecule has 0 heterocycles. The molecule has 0 aliphatic rings. The standard InChI is InChI=1S/C15H14N2O/c18-15(17-14-9-5-2-6-10-14)11-12-16-13-7-3-1-4-8-13/h1-12,16H,(H,17,18)/b12-11-. The lowest BCUT2D eigenvalue weighted by Gasteiger charge is -2.01. The van der Waals surface area contributed by atoms with Crippen molar-refractivity contribution in [2.75, 3.05) is 10.6 Å². The molecule has 0 bridgehead atoms. The SMILES string of the molecule is O=C(/C=C\Nc1ccccc1)Nc1ccccc1. The van der Waals surface area contributed by atoms with Crippen LogP contribution in [-0.2, 0) is 4.79 Å². The first-order valence-electron chi connectivity index (χ1n) is 5.69. The summed E-state index contributed by atoms with van der Waals surface area (Å²) in [6.45, 7) is 0. The van der Waals surface area contributed by atoms with Crippen molar-refractivity contribution in [3.05, 3.63) is 72.9 Å². The Hall–Kier alpha value is -2.55. The molecule has 2 N–H and O–H groups in total. The maximum absolute atomic E-state index is 11.6. The summed E-state index contributed by atoms with van der Waals surface area (Å²) in [4.78, 5) is 11.6. The Morgan fingerprint density at radius 3 is 2.00 bits per heavy atom. The van der Waals surface area contributed by atoms with Gasteiger partial charge in [0.25, 0.3) is 0 Å². The molecule has 0 saturated carbocycles. The molecule has 0 aliphatic heterocycles. The fourth-order valence-electron chi connectivity index (χ4n) is 1.45. The van der Waals surface area contributed by atoms with E-state index in [0.29, 0.717) is 0 Å². The quantitative estimate of drug-likeness (QED) is 0.803. The van der Waals surface area contributed by atoms with E-state index in [1.807, 2.05) is 60.7 Å². The van der Waals surface area contributed by atoms with Gasteiger partial charge in [0.15, 0.2) is 0 Å². The Morgan fingerprint density at radius 2 is 1.39 bits per heavy atom. The zero-order valence-electron chi connectivity index (χ0n) is 9.84. The van der Waals surface area contributed by atoms with E-state index < -0.39 is 0 Å². The Kier molecular flexibility index (Phi) is 4.14. The summed E-state index contributed by atoms with van der Waals surface area (Å²) in [7, 11) is 0. The summed E-state index contributed by atoms with van der Waals surface area (Å²) in [6.07, 6.45) is 3.08. The van der Waals surface area contributed by atoms with Crippen LogP contribution >= 0.6 is 0 Å². The first kappa shape index (κ1) is 11.9. The van der Waals surface area contributed by atoms with Crippen molar-refractivity contribution in [3.8, 4) is 0 Å². The van der Waals surface area contributed by atoms with Crippen LogP contribution < -0.4 is 10.6 Å². The zero-order chi connectivity index (χ0) is 12.6. The smallest absolute Gasteiger partial charge is 0.249 e. The highest BCUT2D eigenvalue weighted by molar-refractivity contribution is 5.99. The Bertz CT molecular complexity index is 521. The van der Waals surface area contributed by atoms with Crippen LogP contribution in [0.15, 0.2) is 72.9 Å². The number of anilines is 2. The van der Waals surface area contributed by atoms with Gasteiger partial charge in [0.2, 0.25) is 5.91 Å². The molecular weight excluding hydrogens is 224 g/mol. The fourth-order valence-corrected chi connectivity index (χ4v) is 1.45. The van der Waals surface area contributed by atoms with Crippen LogP contribution in [0.3, 0.4) is 0 Å². The molecular formula is C15H14N2O. The van der Waals surface area contributed by atoms with Crippen LogP contribution in [0.4, 0.5) is 11.4 Å². The normalized spacial score (nSPS) is 10.2. The van der Waals surface area contributed by atoms with Crippen LogP contribution in [0.25, 0.3) is 0 Å². The van der Waals surface area contributed by atoms with Crippen molar-refractivity contribution in [3.63, 3.8) is 0 Å². The minimum atomic E-state index is -0.162. The van der Waals surface area contributed by atoms with Crippen LogP contribution in [0.2, 0.25) is 0 Å². The van der Waals surface area contributed by atoms with Gasteiger partial charge in [-0.05, 0) is 24.3 Å². The Labute approximate surface area is 106 Å². The predicted molar refractivity (Wildman–Crippen MR) is 74.3 cm³/mol. The van der Waals surface area contributed by atoms with Crippen LogP contribution in [0.1, 0.15) is 0 Å². The van der Waals surface area contributed by atoms with E-state index in [2.05, 4.69) is 10.6 Å². The Balaban J connectivity index is 1.85. The fraction of sp³-hybridized carbons (Fsp3) is 0. The molecule has 90 valence electrons. The van der Waals surface area contributed by atoms with Gasteiger partial charge in [-0.15, -0.1) is 0 Å². The van der Waals surface area contributed by atoms with Crippen LogP contribution in [-0.4, -0.2) is 5.91 Å².